The van der Waals surface area contributed by atoms with Gasteiger partial charge in [-0.25, -0.2) is 5.01 Å². The number of nitrogens with two attached hydrogens (primary N) is 1. The Morgan fingerprint density at radius 3 is 2.40 bits per heavy atom. The Labute approximate surface area is 114 Å². The molecule has 4 nitrogen and oxygen atoms in total. The highest BCUT2D eigenvalue weighted by Gasteiger charge is 2.36. The molecular weight excluding hydrogens is 271 g/mol. The van der Waals surface area contributed by atoms with Gasteiger partial charge in [-0.15, -0.1) is 0 Å². The van der Waals surface area contributed by atoms with Crippen molar-refractivity contribution in [3.8, 4) is 0 Å². The van der Waals surface area contributed by atoms with E-state index in [1.807, 2.05) is 0 Å². The molecule has 1 saturated heterocycles. The first-order valence-corrected chi connectivity index (χ1v) is 6.25. The molecule has 1 heterocycles. The Kier molecular flexibility index (Phi) is 4.01. The number of halogens is 3. The molecule has 7 heteroatoms. The monoisotopic (exact) mass is 287 g/mol. The van der Waals surface area contributed by atoms with Gasteiger partial charge in [0, 0.05) is 26.6 Å². The van der Waals surface area contributed by atoms with Crippen LogP contribution >= 0.6 is 0 Å². The highest BCUT2D eigenvalue weighted by Crippen LogP contribution is 2.34. The topological polar surface area (TPSA) is 49.6 Å². The molecule has 0 spiro atoms. The molecule has 0 aliphatic carbocycles. The van der Waals surface area contributed by atoms with Crippen LogP contribution in [0.2, 0.25) is 0 Å². The zero-order valence-corrected chi connectivity index (χ0v) is 11.0. The lowest BCUT2D eigenvalue weighted by Crippen LogP contribution is -2.40. The van der Waals surface area contributed by atoms with Crippen molar-refractivity contribution < 1.29 is 18.0 Å². The van der Waals surface area contributed by atoms with E-state index in [0.717, 1.165) is 12.1 Å². The number of nitrogens with zero attached hydrogens (tertiary/aromatic N) is 2. The molecule has 2 rings (SSSR count). The fourth-order valence-electron chi connectivity index (χ4n) is 2.38. The number of carbonyl (C=O) groups is 1. The van der Waals surface area contributed by atoms with Crippen LogP contribution in [-0.2, 0) is 11.0 Å². The van der Waals surface area contributed by atoms with Gasteiger partial charge < -0.3 is 5.73 Å². The fraction of sp³-hybridized carbons (Fsp3) is 0.462. The minimum absolute atomic E-state index is 0.0663. The zero-order chi connectivity index (χ0) is 14.9. The summed E-state index contributed by atoms with van der Waals surface area (Å²) < 4.78 is 37.6. The number of carbonyl (C=O) groups excluding carboxylic acids is 1. The summed E-state index contributed by atoms with van der Waals surface area (Å²) in [6.45, 7) is 0.850. The van der Waals surface area contributed by atoms with E-state index in [1.54, 1.807) is 12.1 Å². The molecule has 0 radical (unpaired) electrons. The quantitative estimate of drug-likeness (QED) is 0.922. The first-order valence-electron chi connectivity index (χ1n) is 6.25. The van der Waals surface area contributed by atoms with Gasteiger partial charge in [0.15, 0.2) is 0 Å². The van der Waals surface area contributed by atoms with Crippen molar-refractivity contribution in [1.29, 1.82) is 0 Å². The van der Waals surface area contributed by atoms with Crippen LogP contribution in [0.15, 0.2) is 24.3 Å². The summed E-state index contributed by atoms with van der Waals surface area (Å²) in [5, 5.41) is 3.26. The Hall–Kier alpha value is -1.60. The maximum absolute atomic E-state index is 12.5. The van der Waals surface area contributed by atoms with Crippen LogP contribution in [-0.4, -0.2) is 36.1 Å². The number of benzene rings is 1. The van der Waals surface area contributed by atoms with Crippen molar-refractivity contribution in [3.63, 3.8) is 0 Å². The van der Waals surface area contributed by atoms with E-state index >= 15 is 0 Å². The third-order valence-corrected chi connectivity index (χ3v) is 3.45. The summed E-state index contributed by atoms with van der Waals surface area (Å²) in [7, 11) is 1.64. The van der Waals surface area contributed by atoms with Crippen molar-refractivity contribution in [3.05, 3.63) is 35.4 Å². The van der Waals surface area contributed by atoms with Crippen LogP contribution in [0.3, 0.4) is 0 Å². The van der Waals surface area contributed by atoms with Gasteiger partial charge in [0.25, 0.3) is 0 Å². The normalized spacial score (nSPS) is 20.8. The van der Waals surface area contributed by atoms with Gasteiger partial charge in [-0.05, 0) is 17.7 Å². The Morgan fingerprint density at radius 1 is 1.30 bits per heavy atom. The van der Waals surface area contributed by atoms with Gasteiger partial charge in [0.05, 0.1) is 11.6 Å². The standard InChI is InChI=1S/C13H16F3N3O/c1-18-12(20)8-11(19(18)7-6-17)9-2-4-10(5-3-9)13(14,15)16/h2-5,11H,6-8,17H2,1H3. The highest BCUT2D eigenvalue weighted by molar-refractivity contribution is 5.78. The molecule has 1 aromatic rings. The van der Waals surface area contributed by atoms with Gasteiger partial charge in [0.1, 0.15) is 0 Å². The molecule has 1 atom stereocenters. The Morgan fingerprint density at radius 2 is 1.90 bits per heavy atom. The molecule has 0 bridgehead atoms. The second kappa shape index (κ2) is 5.41. The van der Waals surface area contributed by atoms with Crippen LogP contribution < -0.4 is 5.73 Å². The first kappa shape index (κ1) is 14.8. The second-order valence-corrected chi connectivity index (χ2v) is 4.71. The van der Waals surface area contributed by atoms with E-state index in [9.17, 15) is 18.0 Å². The summed E-state index contributed by atoms with van der Waals surface area (Å²) >= 11 is 0. The molecule has 110 valence electrons. The summed E-state index contributed by atoms with van der Waals surface area (Å²) in [6.07, 6.45) is -4.10. The third kappa shape index (κ3) is 2.78. The van der Waals surface area contributed by atoms with Crippen molar-refractivity contribution >= 4 is 5.91 Å². The van der Waals surface area contributed by atoms with Gasteiger partial charge in [-0.3, -0.25) is 9.80 Å². The van der Waals surface area contributed by atoms with Crippen molar-refractivity contribution in [2.75, 3.05) is 20.1 Å². The van der Waals surface area contributed by atoms with Crippen LogP contribution in [0.25, 0.3) is 0 Å². The maximum Gasteiger partial charge on any atom is 0.416 e. The first-order chi connectivity index (χ1) is 9.34. The highest BCUT2D eigenvalue weighted by atomic mass is 19.4. The van der Waals surface area contributed by atoms with E-state index in [2.05, 4.69) is 0 Å². The molecule has 1 aliphatic rings. The van der Waals surface area contributed by atoms with E-state index in [1.165, 1.54) is 17.1 Å². The molecule has 20 heavy (non-hydrogen) atoms. The number of hydrazine groups is 1. The van der Waals surface area contributed by atoms with Crippen molar-refractivity contribution in [1.82, 2.24) is 10.0 Å². The minimum atomic E-state index is -4.35. The van der Waals surface area contributed by atoms with Crippen LogP contribution in [0.5, 0.6) is 0 Å². The van der Waals surface area contributed by atoms with Gasteiger partial charge in [0.2, 0.25) is 5.91 Å². The Balaban J connectivity index is 2.24. The predicted octanol–water partition coefficient (Wildman–Crippen LogP) is 1.78. The fourth-order valence-corrected chi connectivity index (χ4v) is 2.38. The summed E-state index contributed by atoms with van der Waals surface area (Å²) in [5.74, 6) is -0.0663. The zero-order valence-electron chi connectivity index (χ0n) is 11.0. The lowest BCUT2D eigenvalue weighted by Gasteiger charge is -2.29. The molecule has 2 N–H and O–H groups in total. The molecule has 0 aromatic heterocycles. The maximum atomic E-state index is 12.5. The summed E-state index contributed by atoms with van der Waals surface area (Å²) in [6, 6.07) is 4.67. The SMILES string of the molecule is CN1C(=O)CC(c2ccc(C(F)(F)F)cc2)N1CCN. The van der Waals surface area contributed by atoms with Crippen molar-refractivity contribution in [2.45, 2.75) is 18.6 Å². The van der Waals surface area contributed by atoms with E-state index in [4.69, 9.17) is 5.73 Å². The minimum Gasteiger partial charge on any atom is -0.329 e. The average molecular weight is 287 g/mol. The molecular formula is C13H16F3N3O. The van der Waals surface area contributed by atoms with Gasteiger partial charge in [-0.1, -0.05) is 12.1 Å². The largest absolute Gasteiger partial charge is 0.416 e. The van der Waals surface area contributed by atoms with Crippen LogP contribution in [0.4, 0.5) is 13.2 Å². The van der Waals surface area contributed by atoms with Crippen LogP contribution in [0.1, 0.15) is 23.6 Å². The molecule has 1 aliphatic heterocycles. The van der Waals surface area contributed by atoms with Crippen molar-refractivity contribution in [2.24, 2.45) is 5.73 Å². The number of hydrogen-bond acceptors (Lipinski definition) is 3. The number of rotatable bonds is 3. The van der Waals surface area contributed by atoms with E-state index in [-0.39, 0.29) is 18.4 Å². The smallest absolute Gasteiger partial charge is 0.329 e. The second-order valence-electron chi connectivity index (χ2n) is 4.71. The molecule has 1 fully saturated rings. The molecule has 1 aromatic carbocycles. The molecule has 0 saturated carbocycles. The predicted molar refractivity (Wildman–Crippen MR) is 67.3 cm³/mol. The lowest BCUT2D eigenvalue weighted by atomic mass is 10.0. The third-order valence-electron chi connectivity index (χ3n) is 3.45. The summed E-state index contributed by atoms with van der Waals surface area (Å²) in [4.78, 5) is 11.7. The van der Waals surface area contributed by atoms with Gasteiger partial charge in [-0.2, -0.15) is 13.2 Å². The summed E-state index contributed by atoms with van der Waals surface area (Å²) in [5.41, 5.74) is 5.50. The average Bonchev–Trinajstić information content (AvgIpc) is 2.67. The molecule has 1 amide bonds. The number of amides is 1. The number of alkyl halides is 3. The Bertz CT molecular complexity index is 487. The molecule has 1 unspecified atom stereocenters. The number of hydrogen-bond donors (Lipinski definition) is 1. The van der Waals surface area contributed by atoms with Gasteiger partial charge >= 0.3 is 6.18 Å². The lowest BCUT2D eigenvalue weighted by molar-refractivity contribution is -0.137. The van der Waals surface area contributed by atoms with E-state index < -0.39 is 11.7 Å². The van der Waals surface area contributed by atoms with E-state index in [0.29, 0.717) is 18.7 Å². The van der Waals surface area contributed by atoms with Crippen LogP contribution in [0, 0.1) is 0 Å².